The predicted octanol–water partition coefficient (Wildman–Crippen LogP) is 1.05. The van der Waals surface area contributed by atoms with E-state index in [9.17, 15) is 4.39 Å². The summed E-state index contributed by atoms with van der Waals surface area (Å²) in [5, 5.41) is 12.1. The van der Waals surface area contributed by atoms with Gasteiger partial charge < -0.3 is 15.3 Å². The van der Waals surface area contributed by atoms with Crippen molar-refractivity contribution in [3.05, 3.63) is 29.6 Å². The Morgan fingerprint density at radius 1 is 1.20 bits per heavy atom. The molecule has 1 saturated heterocycles. The van der Waals surface area contributed by atoms with Gasteiger partial charge in [-0.2, -0.15) is 0 Å². The van der Waals surface area contributed by atoms with Crippen LogP contribution in [0.3, 0.4) is 0 Å². The van der Waals surface area contributed by atoms with E-state index < -0.39 is 0 Å². The maximum Gasteiger partial charge on any atom is 0.125 e. The van der Waals surface area contributed by atoms with Gasteiger partial charge in [-0.05, 0) is 43.8 Å². The number of β-amino-alcohol motifs (C(OH)–C–C–N with tert-alkyl or cyclic N) is 1. The van der Waals surface area contributed by atoms with Gasteiger partial charge in [0.25, 0.3) is 0 Å². The summed E-state index contributed by atoms with van der Waals surface area (Å²) in [5.41, 5.74) is 1.93. The fraction of sp³-hybridized carbons (Fsp3) is 0.600. The predicted molar refractivity (Wildman–Crippen MR) is 79.5 cm³/mol. The third kappa shape index (κ3) is 4.16. The number of rotatable bonds is 5. The van der Waals surface area contributed by atoms with Crippen LogP contribution in [-0.2, 0) is 6.54 Å². The number of benzene rings is 1. The average molecular weight is 281 g/mol. The first-order valence-electron chi connectivity index (χ1n) is 7.25. The summed E-state index contributed by atoms with van der Waals surface area (Å²) in [4.78, 5) is 4.49. The highest BCUT2D eigenvalue weighted by molar-refractivity contribution is 5.49. The molecule has 1 aliphatic rings. The highest BCUT2D eigenvalue weighted by Gasteiger charge is 2.15. The molecule has 0 radical (unpaired) electrons. The lowest BCUT2D eigenvalue weighted by molar-refractivity contribution is 0.204. The molecule has 0 unspecified atom stereocenters. The van der Waals surface area contributed by atoms with Gasteiger partial charge in [0.15, 0.2) is 0 Å². The molecular formula is C15H24FN3O. The van der Waals surface area contributed by atoms with Crippen LogP contribution in [0, 0.1) is 5.82 Å². The van der Waals surface area contributed by atoms with E-state index >= 15 is 0 Å². The molecular weight excluding hydrogens is 257 g/mol. The third-order valence-electron chi connectivity index (χ3n) is 3.69. The Balaban J connectivity index is 2.07. The van der Waals surface area contributed by atoms with Crippen LogP contribution in [0.2, 0.25) is 0 Å². The number of anilines is 1. The van der Waals surface area contributed by atoms with Crippen molar-refractivity contribution < 1.29 is 9.50 Å². The molecule has 1 fully saturated rings. The van der Waals surface area contributed by atoms with Crippen LogP contribution in [0.1, 0.15) is 12.0 Å². The smallest absolute Gasteiger partial charge is 0.125 e. The Labute approximate surface area is 120 Å². The summed E-state index contributed by atoms with van der Waals surface area (Å²) >= 11 is 0. The molecule has 4 nitrogen and oxygen atoms in total. The van der Waals surface area contributed by atoms with Crippen LogP contribution in [0.5, 0.6) is 0 Å². The zero-order valence-electron chi connectivity index (χ0n) is 12.1. The SMILES string of the molecule is CNCc1cc(F)cc(N2CCCN(CCO)CC2)c1. The lowest BCUT2D eigenvalue weighted by atomic mass is 10.1. The van der Waals surface area contributed by atoms with E-state index in [2.05, 4.69) is 21.2 Å². The van der Waals surface area contributed by atoms with Crippen LogP contribution in [0.4, 0.5) is 10.1 Å². The van der Waals surface area contributed by atoms with Gasteiger partial charge in [-0.1, -0.05) is 0 Å². The topological polar surface area (TPSA) is 38.7 Å². The molecule has 0 bridgehead atoms. The molecule has 0 aromatic heterocycles. The normalized spacial score (nSPS) is 17.2. The minimum atomic E-state index is -0.177. The van der Waals surface area contributed by atoms with Crippen molar-refractivity contribution in [2.24, 2.45) is 0 Å². The minimum Gasteiger partial charge on any atom is -0.395 e. The Kier molecular flexibility index (Phi) is 5.76. The van der Waals surface area contributed by atoms with Crippen molar-refractivity contribution in [2.45, 2.75) is 13.0 Å². The third-order valence-corrected chi connectivity index (χ3v) is 3.69. The highest BCUT2D eigenvalue weighted by atomic mass is 19.1. The van der Waals surface area contributed by atoms with Crippen LogP contribution >= 0.6 is 0 Å². The fourth-order valence-corrected chi connectivity index (χ4v) is 2.72. The Bertz CT molecular complexity index is 428. The minimum absolute atomic E-state index is 0.177. The molecule has 0 atom stereocenters. The number of halogens is 1. The van der Waals surface area contributed by atoms with E-state index in [0.717, 1.165) is 50.4 Å². The number of aliphatic hydroxyl groups excluding tert-OH is 1. The summed E-state index contributed by atoms with van der Waals surface area (Å²) in [6.07, 6.45) is 1.04. The van der Waals surface area contributed by atoms with E-state index in [-0.39, 0.29) is 12.4 Å². The van der Waals surface area contributed by atoms with Crippen molar-refractivity contribution in [3.63, 3.8) is 0 Å². The maximum absolute atomic E-state index is 13.7. The molecule has 1 aromatic rings. The van der Waals surface area contributed by atoms with Crippen molar-refractivity contribution in [3.8, 4) is 0 Å². The van der Waals surface area contributed by atoms with Crippen LogP contribution < -0.4 is 10.2 Å². The second kappa shape index (κ2) is 7.57. The van der Waals surface area contributed by atoms with Gasteiger partial charge in [-0.25, -0.2) is 4.39 Å². The Morgan fingerprint density at radius 2 is 2.05 bits per heavy atom. The van der Waals surface area contributed by atoms with E-state index in [0.29, 0.717) is 6.54 Å². The van der Waals surface area contributed by atoms with Crippen LogP contribution in [0.15, 0.2) is 18.2 Å². The molecule has 1 heterocycles. The van der Waals surface area contributed by atoms with Crippen LogP contribution in [-0.4, -0.2) is 56.4 Å². The van der Waals surface area contributed by atoms with E-state index in [4.69, 9.17) is 5.11 Å². The number of hydrogen-bond donors (Lipinski definition) is 2. The van der Waals surface area contributed by atoms with Crippen molar-refractivity contribution in [2.75, 3.05) is 51.3 Å². The number of hydrogen-bond acceptors (Lipinski definition) is 4. The number of nitrogens with zero attached hydrogens (tertiary/aromatic N) is 2. The molecule has 1 aromatic carbocycles. The second-order valence-corrected chi connectivity index (χ2v) is 5.25. The maximum atomic E-state index is 13.7. The molecule has 2 rings (SSSR count). The van der Waals surface area contributed by atoms with Gasteiger partial charge in [0.1, 0.15) is 5.82 Å². The zero-order valence-corrected chi connectivity index (χ0v) is 12.1. The van der Waals surface area contributed by atoms with Crippen molar-refractivity contribution >= 4 is 5.69 Å². The van der Waals surface area contributed by atoms with Gasteiger partial charge in [-0.15, -0.1) is 0 Å². The molecule has 0 amide bonds. The molecule has 0 aliphatic carbocycles. The Morgan fingerprint density at radius 3 is 2.80 bits per heavy atom. The molecule has 20 heavy (non-hydrogen) atoms. The monoisotopic (exact) mass is 281 g/mol. The molecule has 112 valence electrons. The van der Waals surface area contributed by atoms with E-state index in [1.165, 1.54) is 0 Å². The zero-order chi connectivity index (χ0) is 14.4. The quantitative estimate of drug-likeness (QED) is 0.846. The first kappa shape index (κ1) is 15.2. The van der Waals surface area contributed by atoms with Gasteiger partial charge >= 0.3 is 0 Å². The summed E-state index contributed by atoms with van der Waals surface area (Å²) in [6.45, 7) is 5.32. The van der Waals surface area contributed by atoms with Gasteiger partial charge in [0.2, 0.25) is 0 Å². The average Bonchev–Trinajstić information content (AvgIpc) is 2.65. The van der Waals surface area contributed by atoms with E-state index in [1.54, 1.807) is 12.1 Å². The second-order valence-electron chi connectivity index (χ2n) is 5.25. The molecule has 0 spiro atoms. The fourth-order valence-electron chi connectivity index (χ4n) is 2.72. The van der Waals surface area contributed by atoms with Crippen molar-refractivity contribution in [1.82, 2.24) is 10.2 Å². The number of nitrogens with one attached hydrogen (secondary N) is 1. The lowest BCUT2D eigenvalue weighted by Gasteiger charge is -2.24. The largest absolute Gasteiger partial charge is 0.395 e. The summed E-state index contributed by atoms with van der Waals surface area (Å²) in [5.74, 6) is -0.177. The summed E-state index contributed by atoms with van der Waals surface area (Å²) in [7, 11) is 1.86. The molecule has 0 saturated carbocycles. The standard InChI is InChI=1S/C15H24FN3O/c1-17-12-13-9-14(16)11-15(10-13)19-4-2-3-18(5-6-19)7-8-20/h9-11,17,20H,2-8,12H2,1H3. The van der Waals surface area contributed by atoms with Gasteiger partial charge in [-0.3, -0.25) is 4.90 Å². The highest BCUT2D eigenvalue weighted by Crippen LogP contribution is 2.20. The molecule has 2 N–H and O–H groups in total. The Hall–Kier alpha value is -1.17. The van der Waals surface area contributed by atoms with Gasteiger partial charge in [0.05, 0.1) is 6.61 Å². The van der Waals surface area contributed by atoms with Crippen molar-refractivity contribution in [1.29, 1.82) is 0 Å². The summed E-state index contributed by atoms with van der Waals surface area (Å²) in [6, 6.07) is 5.25. The first-order valence-corrected chi connectivity index (χ1v) is 7.25. The summed E-state index contributed by atoms with van der Waals surface area (Å²) < 4.78 is 13.7. The van der Waals surface area contributed by atoms with Crippen LogP contribution in [0.25, 0.3) is 0 Å². The molecule has 1 aliphatic heterocycles. The molecule has 5 heteroatoms. The lowest BCUT2D eigenvalue weighted by Crippen LogP contribution is -2.32. The number of aliphatic hydroxyl groups is 1. The van der Waals surface area contributed by atoms with Gasteiger partial charge in [0, 0.05) is 38.4 Å². The van der Waals surface area contributed by atoms with E-state index in [1.807, 2.05) is 7.05 Å². The first-order chi connectivity index (χ1) is 9.72.